The summed E-state index contributed by atoms with van der Waals surface area (Å²) in [6, 6.07) is 1.61. The Kier molecular flexibility index (Phi) is 5.43. The van der Waals surface area contributed by atoms with Gasteiger partial charge in [0.2, 0.25) is 10.0 Å². The largest absolute Gasteiger partial charge is 0.465 e. The van der Waals surface area contributed by atoms with Crippen LogP contribution in [0.3, 0.4) is 0 Å². The van der Waals surface area contributed by atoms with Gasteiger partial charge >= 0.3 is 5.97 Å². The summed E-state index contributed by atoms with van der Waals surface area (Å²) in [5, 5.41) is 4.41. The molecule has 2 aromatic rings. The van der Waals surface area contributed by atoms with Gasteiger partial charge in [-0.2, -0.15) is 9.40 Å². The second-order valence-corrected chi connectivity index (χ2v) is 8.67. The summed E-state index contributed by atoms with van der Waals surface area (Å²) < 4.78 is 39.6. The van der Waals surface area contributed by atoms with Crippen LogP contribution in [0.4, 0.5) is 0 Å². The molecular formula is C18H25N3O5S. The average Bonchev–Trinajstić information content (AvgIpc) is 3.14. The number of hydrogen-bond donors (Lipinski definition) is 0. The molecule has 0 atom stereocenters. The molecule has 0 unspecified atom stereocenters. The standard InChI is InChI=1S/C18H25N3O5S/c1-12-17(27(23,24)20-8-6-5-7-9-20)13(2)21(19-12)11-15-10-16(14(3)26-15)18(22)25-4/h10H,5-9,11H2,1-4H3. The number of esters is 1. The van der Waals surface area contributed by atoms with Crippen LogP contribution >= 0.6 is 0 Å². The second-order valence-electron chi connectivity index (χ2n) is 6.80. The average molecular weight is 395 g/mol. The lowest BCUT2D eigenvalue weighted by Crippen LogP contribution is -2.36. The summed E-state index contributed by atoms with van der Waals surface area (Å²) in [6.07, 6.45) is 2.82. The van der Waals surface area contributed by atoms with E-state index in [1.807, 2.05) is 0 Å². The Morgan fingerprint density at radius 2 is 1.89 bits per heavy atom. The maximum atomic E-state index is 13.1. The van der Waals surface area contributed by atoms with E-state index < -0.39 is 16.0 Å². The summed E-state index contributed by atoms with van der Waals surface area (Å²) in [7, 11) is -2.26. The third-order valence-corrected chi connectivity index (χ3v) is 7.06. The van der Waals surface area contributed by atoms with Gasteiger partial charge in [-0.1, -0.05) is 6.42 Å². The number of furan rings is 1. The second kappa shape index (κ2) is 7.47. The van der Waals surface area contributed by atoms with E-state index in [0.717, 1.165) is 19.3 Å². The number of methoxy groups -OCH3 is 1. The van der Waals surface area contributed by atoms with Crippen LogP contribution in [0.5, 0.6) is 0 Å². The van der Waals surface area contributed by atoms with Crippen LogP contribution in [0.2, 0.25) is 0 Å². The molecule has 1 fully saturated rings. The minimum absolute atomic E-state index is 0.236. The number of carbonyl (C=O) groups is 1. The Hall–Kier alpha value is -2.13. The van der Waals surface area contributed by atoms with Crippen molar-refractivity contribution in [3.63, 3.8) is 0 Å². The number of sulfonamides is 1. The minimum Gasteiger partial charge on any atom is -0.465 e. The van der Waals surface area contributed by atoms with Crippen molar-refractivity contribution >= 4 is 16.0 Å². The highest BCUT2D eigenvalue weighted by Gasteiger charge is 2.32. The molecule has 0 aliphatic carbocycles. The van der Waals surface area contributed by atoms with Crippen molar-refractivity contribution in [1.29, 1.82) is 0 Å². The number of ether oxygens (including phenoxy) is 1. The number of nitrogens with zero attached hydrogens (tertiary/aromatic N) is 3. The van der Waals surface area contributed by atoms with Gasteiger partial charge in [-0.3, -0.25) is 4.68 Å². The molecule has 0 amide bonds. The van der Waals surface area contributed by atoms with Crippen molar-refractivity contribution < 1.29 is 22.4 Å². The van der Waals surface area contributed by atoms with Crippen LogP contribution in [-0.4, -0.2) is 48.7 Å². The lowest BCUT2D eigenvalue weighted by atomic mass is 10.2. The Bertz CT molecular complexity index is 952. The van der Waals surface area contributed by atoms with E-state index in [2.05, 4.69) is 5.10 Å². The normalized spacial score (nSPS) is 15.9. The van der Waals surface area contributed by atoms with E-state index in [0.29, 0.717) is 41.6 Å². The predicted octanol–water partition coefficient (Wildman–Crippen LogP) is 2.41. The van der Waals surface area contributed by atoms with Crippen molar-refractivity contribution in [2.24, 2.45) is 0 Å². The van der Waals surface area contributed by atoms with Crippen LogP contribution < -0.4 is 0 Å². The molecule has 0 bridgehead atoms. The molecule has 0 spiro atoms. The molecule has 9 heteroatoms. The highest BCUT2D eigenvalue weighted by atomic mass is 32.2. The first-order chi connectivity index (χ1) is 12.8. The van der Waals surface area contributed by atoms with E-state index in [9.17, 15) is 13.2 Å². The summed E-state index contributed by atoms with van der Waals surface area (Å²) in [4.78, 5) is 12.0. The Morgan fingerprint density at radius 1 is 1.22 bits per heavy atom. The molecule has 148 valence electrons. The van der Waals surface area contributed by atoms with Crippen molar-refractivity contribution in [1.82, 2.24) is 14.1 Å². The van der Waals surface area contributed by atoms with E-state index in [1.165, 1.54) is 7.11 Å². The van der Waals surface area contributed by atoms with Gasteiger partial charge in [-0.05, 0) is 39.7 Å². The first-order valence-corrected chi connectivity index (χ1v) is 10.4. The predicted molar refractivity (Wildman–Crippen MR) is 98.2 cm³/mol. The van der Waals surface area contributed by atoms with Gasteiger partial charge in [0.25, 0.3) is 0 Å². The van der Waals surface area contributed by atoms with Crippen LogP contribution in [0.15, 0.2) is 15.4 Å². The minimum atomic E-state index is -3.57. The molecule has 1 aliphatic heterocycles. The van der Waals surface area contributed by atoms with E-state index >= 15 is 0 Å². The topological polar surface area (TPSA) is 94.6 Å². The number of aromatic nitrogens is 2. The fraction of sp³-hybridized carbons (Fsp3) is 0.556. The van der Waals surface area contributed by atoms with Gasteiger partial charge in [0.1, 0.15) is 22.0 Å². The molecule has 3 heterocycles. The number of aryl methyl sites for hydroxylation is 2. The van der Waals surface area contributed by atoms with Crippen molar-refractivity contribution in [3.05, 3.63) is 34.5 Å². The fourth-order valence-corrected chi connectivity index (χ4v) is 5.41. The van der Waals surface area contributed by atoms with E-state index in [1.54, 1.807) is 35.8 Å². The van der Waals surface area contributed by atoms with Gasteiger partial charge < -0.3 is 9.15 Å². The molecule has 0 radical (unpaired) electrons. The molecule has 2 aromatic heterocycles. The lowest BCUT2D eigenvalue weighted by Gasteiger charge is -2.25. The molecule has 1 saturated heterocycles. The highest BCUT2D eigenvalue weighted by molar-refractivity contribution is 7.89. The SMILES string of the molecule is COC(=O)c1cc(Cn2nc(C)c(S(=O)(=O)N3CCCCC3)c2C)oc1C. The molecule has 8 nitrogen and oxygen atoms in total. The summed E-state index contributed by atoms with van der Waals surface area (Å²) in [5.74, 6) is 0.504. The van der Waals surface area contributed by atoms with Crippen molar-refractivity contribution in [2.75, 3.05) is 20.2 Å². The monoisotopic (exact) mass is 395 g/mol. The molecule has 0 aromatic carbocycles. The Labute approximate surface area is 159 Å². The Balaban J connectivity index is 1.91. The molecule has 3 rings (SSSR count). The zero-order chi connectivity index (χ0) is 19.8. The lowest BCUT2D eigenvalue weighted by molar-refractivity contribution is 0.0599. The van der Waals surface area contributed by atoms with Gasteiger partial charge in [-0.25, -0.2) is 13.2 Å². The van der Waals surface area contributed by atoms with Crippen LogP contribution in [-0.2, 0) is 21.3 Å². The van der Waals surface area contributed by atoms with Gasteiger partial charge in [0.05, 0.1) is 25.0 Å². The zero-order valence-corrected chi connectivity index (χ0v) is 16.9. The summed E-state index contributed by atoms with van der Waals surface area (Å²) in [6.45, 7) is 6.46. The third-order valence-electron chi connectivity index (χ3n) is 4.91. The van der Waals surface area contributed by atoms with E-state index in [4.69, 9.17) is 9.15 Å². The number of rotatable bonds is 5. The summed E-state index contributed by atoms with van der Waals surface area (Å²) >= 11 is 0. The summed E-state index contributed by atoms with van der Waals surface area (Å²) in [5.41, 5.74) is 1.39. The van der Waals surface area contributed by atoms with Crippen molar-refractivity contribution in [2.45, 2.75) is 51.5 Å². The van der Waals surface area contributed by atoms with Crippen molar-refractivity contribution in [3.8, 4) is 0 Å². The molecule has 1 aliphatic rings. The van der Waals surface area contributed by atoms with Crippen LogP contribution in [0.25, 0.3) is 0 Å². The first-order valence-electron chi connectivity index (χ1n) is 8.97. The fourth-order valence-electron chi connectivity index (χ4n) is 3.52. The molecule has 27 heavy (non-hydrogen) atoms. The van der Waals surface area contributed by atoms with Crippen LogP contribution in [0.1, 0.15) is 52.5 Å². The Morgan fingerprint density at radius 3 is 2.52 bits per heavy atom. The number of carbonyl (C=O) groups excluding carboxylic acids is 1. The smallest absolute Gasteiger partial charge is 0.341 e. The first kappa shape index (κ1) is 19.6. The van der Waals surface area contributed by atoms with Crippen LogP contribution in [0, 0.1) is 20.8 Å². The number of piperidine rings is 1. The molecular weight excluding hydrogens is 370 g/mol. The molecule has 0 N–H and O–H groups in total. The van der Waals surface area contributed by atoms with E-state index in [-0.39, 0.29) is 11.4 Å². The third kappa shape index (κ3) is 3.66. The molecule has 0 saturated carbocycles. The van der Waals surface area contributed by atoms with Gasteiger partial charge in [0.15, 0.2) is 0 Å². The maximum absolute atomic E-state index is 13.1. The number of hydrogen-bond acceptors (Lipinski definition) is 6. The zero-order valence-electron chi connectivity index (χ0n) is 16.1. The quantitative estimate of drug-likeness (QED) is 0.722. The highest BCUT2D eigenvalue weighted by Crippen LogP contribution is 2.27. The van der Waals surface area contributed by atoms with Gasteiger partial charge in [-0.15, -0.1) is 0 Å². The van der Waals surface area contributed by atoms with Gasteiger partial charge in [0, 0.05) is 13.1 Å². The maximum Gasteiger partial charge on any atom is 0.341 e.